The summed E-state index contributed by atoms with van der Waals surface area (Å²) in [7, 11) is 0. The molecular formula is C11H22N2O2. The van der Waals surface area contributed by atoms with Crippen molar-refractivity contribution in [1.29, 1.82) is 0 Å². The Morgan fingerprint density at radius 2 is 2.00 bits per heavy atom. The first-order valence-electron chi connectivity index (χ1n) is 5.89. The summed E-state index contributed by atoms with van der Waals surface area (Å²) in [5.41, 5.74) is 5.01. The molecule has 0 aromatic rings. The molecule has 4 nitrogen and oxygen atoms in total. The van der Waals surface area contributed by atoms with Crippen LogP contribution >= 0.6 is 0 Å². The van der Waals surface area contributed by atoms with Gasteiger partial charge in [-0.05, 0) is 12.8 Å². The molecule has 0 saturated heterocycles. The topological polar surface area (TPSA) is 64.4 Å². The zero-order valence-corrected chi connectivity index (χ0v) is 9.34. The van der Waals surface area contributed by atoms with Gasteiger partial charge in [0.2, 0.25) is 5.91 Å². The molecule has 4 heteroatoms. The van der Waals surface area contributed by atoms with Crippen LogP contribution in [0, 0.1) is 0 Å². The van der Waals surface area contributed by atoms with Crippen molar-refractivity contribution in [2.45, 2.75) is 44.6 Å². The lowest BCUT2D eigenvalue weighted by atomic mass is 9.98. The summed E-state index contributed by atoms with van der Waals surface area (Å²) in [6, 6.07) is 0. The molecule has 1 aliphatic carbocycles. The summed E-state index contributed by atoms with van der Waals surface area (Å²) in [4.78, 5) is 10.4. The van der Waals surface area contributed by atoms with Crippen molar-refractivity contribution in [2.24, 2.45) is 5.73 Å². The van der Waals surface area contributed by atoms with E-state index in [2.05, 4.69) is 5.32 Å². The fraction of sp³-hybridized carbons (Fsp3) is 0.909. The minimum absolute atomic E-state index is 0.254. The molecule has 1 fully saturated rings. The molecule has 0 aromatic carbocycles. The summed E-state index contributed by atoms with van der Waals surface area (Å²) in [5.74, 6) is -0.254. The Kier molecular flexibility index (Phi) is 6.36. The third kappa shape index (κ3) is 6.47. The molecule has 3 N–H and O–H groups in total. The van der Waals surface area contributed by atoms with Gasteiger partial charge in [-0.2, -0.15) is 0 Å². The maximum Gasteiger partial charge on any atom is 0.218 e. The van der Waals surface area contributed by atoms with E-state index >= 15 is 0 Å². The highest BCUT2D eigenvalue weighted by Crippen LogP contribution is 2.19. The molecule has 1 rings (SSSR count). The van der Waals surface area contributed by atoms with Crippen molar-refractivity contribution in [3.05, 3.63) is 0 Å². The van der Waals surface area contributed by atoms with E-state index in [9.17, 15) is 4.79 Å². The number of amides is 1. The highest BCUT2D eigenvalue weighted by atomic mass is 16.5. The Morgan fingerprint density at radius 1 is 1.27 bits per heavy atom. The van der Waals surface area contributed by atoms with Crippen molar-refractivity contribution < 1.29 is 9.53 Å². The van der Waals surface area contributed by atoms with Crippen molar-refractivity contribution in [3.63, 3.8) is 0 Å². The average molecular weight is 214 g/mol. The summed E-state index contributed by atoms with van der Waals surface area (Å²) in [6.45, 7) is 2.20. The van der Waals surface area contributed by atoms with E-state index in [1.54, 1.807) is 0 Å². The minimum Gasteiger partial charge on any atom is -0.377 e. The van der Waals surface area contributed by atoms with Crippen LogP contribution in [-0.4, -0.2) is 31.7 Å². The van der Waals surface area contributed by atoms with E-state index in [1.807, 2.05) is 0 Å². The van der Waals surface area contributed by atoms with Crippen LogP contribution < -0.4 is 11.1 Å². The van der Waals surface area contributed by atoms with Gasteiger partial charge in [-0.1, -0.05) is 19.3 Å². The molecule has 0 unspecified atom stereocenters. The molecule has 1 amide bonds. The van der Waals surface area contributed by atoms with E-state index < -0.39 is 0 Å². The van der Waals surface area contributed by atoms with Gasteiger partial charge < -0.3 is 15.8 Å². The standard InChI is InChI=1S/C11H22N2O2/c12-11(14)6-7-13-8-9-15-10-4-2-1-3-5-10/h10,13H,1-9H2,(H2,12,14). The lowest BCUT2D eigenvalue weighted by Crippen LogP contribution is -2.27. The largest absolute Gasteiger partial charge is 0.377 e. The molecule has 0 heterocycles. The molecule has 88 valence electrons. The predicted molar refractivity (Wildman–Crippen MR) is 59.5 cm³/mol. The second kappa shape index (κ2) is 7.65. The van der Waals surface area contributed by atoms with Gasteiger partial charge in [-0.15, -0.1) is 0 Å². The third-order valence-electron chi connectivity index (χ3n) is 2.73. The van der Waals surface area contributed by atoms with Gasteiger partial charge in [0.1, 0.15) is 0 Å². The SMILES string of the molecule is NC(=O)CCNCCOC1CCCCC1. The van der Waals surface area contributed by atoms with E-state index in [4.69, 9.17) is 10.5 Å². The molecular weight excluding hydrogens is 192 g/mol. The second-order valence-corrected chi connectivity index (χ2v) is 4.10. The quantitative estimate of drug-likeness (QED) is 0.616. The smallest absolute Gasteiger partial charge is 0.218 e. The molecule has 0 radical (unpaired) electrons. The highest BCUT2D eigenvalue weighted by molar-refractivity contribution is 5.73. The lowest BCUT2D eigenvalue weighted by Gasteiger charge is -2.21. The Bertz CT molecular complexity index is 179. The first kappa shape index (κ1) is 12.5. The van der Waals surface area contributed by atoms with Crippen LogP contribution in [0.3, 0.4) is 0 Å². The number of carbonyl (C=O) groups is 1. The first-order valence-corrected chi connectivity index (χ1v) is 5.89. The first-order chi connectivity index (χ1) is 7.29. The molecule has 1 aliphatic rings. The molecule has 0 aromatic heterocycles. The molecule has 0 atom stereocenters. The maximum absolute atomic E-state index is 10.4. The van der Waals surface area contributed by atoms with Crippen LogP contribution in [0.2, 0.25) is 0 Å². The Hall–Kier alpha value is -0.610. The molecule has 0 spiro atoms. The molecule has 15 heavy (non-hydrogen) atoms. The van der Waals surface area contributed by atoms with Crippen molar-refractivity contribution in [3.8, 4) is 0 Å². The van der Waals surface area contributed by atoms with Crippen molar-refractivity contribution in [1.82, 2.24) is 5.32 Å². The van der Waals surface area contributed by atoms with Crippen LogP contribution in [-0.2, 0) is 9.53 Å². The number of ether oxygens (including phenoxy) is 1. The normalized spacial score (nSPS) is 17.9. The monoisotopic (exact) mass is 214 g/mol. The van der Waals surface area contributed by atoms with Gasteiger partial charge in [-0.25, -0.2) is 0 Å². The lowest BCUT2D eigenvalue weighted by molar-refractivity contribution is -0.117. The second-order valence-electron chi connectivity index (χ2n) is 4.10. The Balaban J connectivity index is 1.85. The summed E-state index contributed by atoms with van der Waals surface area (Å²) < 4.78 is 5.71. The predicted octanol–water partition coefficient (Wildman–Crippen LogP) is 0.801. The van der Waals surface area contributed by atoms with Crippen molar-refractivity contribution >= 4 is 5.91 Å². The van der Waals surface area contributed by atoms with E-state index in [0.717, 1.165) is 13.2 Å². The van der Waals surface area contributed by atoms with Crippen LogP contribution in [0.15, 0.2) is 0 Å². The number of nitrogens with two attached hydrogens (primary N) is 1. The van der Waals surface area contributed by atoms with Crippen molar-refractivity contribution in [2.75, 3.05) is 19.7 Å². The zero-order chi connectivity index (χ0) is 10.9. The van der Waals surface area contributed by atoms with Gasteiger partial charge in [-0.3, -0.25) is 4.79 Å². The molecule has 1 saturated carbocycles. The van der Waals surface area contributed by atoms with E-state index in [1.165, 1.54) is 32.1 Å². The summed E-state index contributed by atoms with van der Waals surface area (Å²) in [5, 5.41) is 3.13. The molecule has 0 bridgehead atoms. The highest BCUT2D eigenvalue weighted by Gasteiger charge is 2.12. The fourth-order valence-electron chi connectivity index (χ4n) is 1.87. The van der Waals surface area contributed by atoms with Crippen LogP contribution in [0.25, 0.3) is 0 Å². The number of hydrogen-bond acceptors (Lipinski definition) is 3. The number of rotatable bonds is 7. The number of hydrogen-bond donors (Lipinski definition) is 2. The summed E-state index contributed by atoms with van der Waals surface area (Å²) >= 11 is 0. The zero-order valence-electron chi connectivity index (χ0n) is 9.34. The van der Waals surface area contributed by atoms with Gasteiger partial charge in [0, 0.05) is 19.5 Å². The Labute approximate surface area is 91.5 Å². The maximum atomic E-state index is 10.4. The fourth-order valence-corrected chi connectivity index (χ4v) is 1.87. The van der Waals surface area contributed by atoms with E-state index in [0.29, 0.717) is 19.1 Å². The summed E-state index contributed by atoms with van der Waals surface area (Å²) in [6.07, 6.45) is 7.26. The van der Waals surface area contributed by atoms with Crippen LogP contribution in [0.5, 0.6) is 0 Å². The third-order valence-corrected chi connectivity index (χ3v) is 2.73. The number of primary amides is 1. The molecule has 0 aliphatic heterocycles. The van der Waals surface area contributed by atoms with Gasteiger partial charge >= 0.3 is 0 Å². The average Bonchev–Trinajstić information content (AvgIpc) is 2.24. The van der Waals surface area contributed by atoms with Crippen LogP contribution in [0.4, 0.5) is 0 Å². The van der Waals surface area contributed by atoms with Gasteiger partial charge in [0.15, 0.2) is 0 Å². The number of nitrogens with one attached hydrogen (secondary N) is 1. The van der Waals surface area contributed by atoms with Crippen LogP contribution in [0.1, 0.15) is 38.5 Å². The van der Waals surface area contributed by atoms with Gasteiger partial charge in [0.25, 0.3) is 0 Å². The number of carbonyl (C=O) groups excluding carboxylic acids is 1. The minimum atomic E-state index is -0.254. The Morgan fingerprint density at radius 3 is 2.67 bits per heavy atom. The van der Waals surface area contributed by atoms with Gasteiger partial charge in [0.05, 0.1) is 12.7 Å². The van der Waals surface area contributed by atoms with E-state index in [-0.39, 0.29) is 5.91 Å².